The minimum Gasteiger partial charge on any atom is -0.336 e. The summed E-state index contributed by atoms with van der Waals surface area (Å²) in [5.41, 5.74) is 4.67. The predicted molar refractivity (Wildman–Crippen MR) is 120 cm³/mol. The van der Waals surface area contributed by atoms with E-state index in [-0.39, 0.29) is 6.04 Å². The number of rotatable bonds is 7. The van der Waals surface area contributed by atoms with Gasteiger partial charge in [0, 0.05) is 35.5 Å². The molecule has 3 aromatic carbocycles. The second kappa shape index (κ2) is 9.27. The summed E-state index contributed by atoms with van der Waals surface area (Å²) in [5.74, 6) is 0. The maximum Gasteiger partial charge on any atom is 0.0946 e. The van der Waals surface area contributed by atoms with Crippen LogP contribution in [0.2, 0.25) is 10.0 Å². The van der Waals surface area contributed by atoms with Gasteiger partial charge in [0.2, 0.25) is 0 Å². The lowest BCUT2D eigenvalue weighted by molar-refractivity contribution is 0.462. The van der Waals surface area contributed by atoms with E-state index in [9.17, 15) is 0 Å². The van der Waals surface area contributed by atoms with E-state index >= 15 is 0 Å². The highest BCUT2D eigenvalue weighted by Crippen LogP contribution is 2.28. The maximum absolute atomic E-state index is 6.49. The molecule has 0 bridgehead atoms. The molecule has 0 radical (unpaired) electrons. The van der Waals surface area contributed by atoms with Gasteiger partial charge in [0.25, 0.3) is 0 Å². The van der Waals surface area contributed by atoms with Crippen LogP contribution in [0.3, 0.4) is 0 Å². The van der Waals surface area contributed by atoms with Gasteiger partial charge in [-0.3, -0.25) is 0 Å². The van der Waals surface area contributed by atoms with Crippen LogP contribution in [-0.2, 0) is 13.1 Å². The highest BCUT2D eigenvalue weighted by atomic mass is 35.5. The first-order valence-corrected chi connectivity index (χ1v) is 10.2. The van der Waals surface area contributed by atoms with E-state index in [0.717, 1.165) is 18.7 Å². The van der Waals surface area contributed by atoms with Crippen molar-refractivity contribution < 1.29 is 0 Å². The third-order valence-corrected chi connectivity index (χ3v) is 5.47. The molecule has 0 aliphatic carbocycles. The summed E-state index contributed by atoms with van der Waals surface area (Å²) in [6.45, 7) is 1.46. The lowest BCUT2D eigenvalue weighted by Gasteiger charge is -2.21. The molecular weight excluding hydrogens is 401 g/mol. The van der Waals surface area contributed by atoms with Gasteiger partial charge in [-0.25, -0.2) is 4.98 Å². The molecule has 1 unspecified atom stereocenters. The Morgan fingerprint density at radius 1 is 0.897 bits per heavy atom. The van der Waals surface area contributed by atoms with E-state index in [1.165, 1.54) is 16.7 Å². The first-order chi connectivity index (χ1) is 14.2. The zero-order valence-electron chi connectivity index (χ0n) is 15.8. The van der Waals surface area contributed by atoms with Crippen LogP contribution in [0.5, 0.6) is 0 Å². The number of halogens is 2. The van der Waals surface area contributed by atoms with E-state index in [1.807, 2.05) is 35.3 Å². The van der Waals surface area contributed by atoms with Crippen molar-refractivity contribution in [3.8, 4) is 11.1 Å². The topological polar surface area (TPSA) is 29.9 Å². The van der Waals surface area contributed by atoms with Gasteiger partial charge in [0.05, 0.1) is 12.4 Å². The van der Waals surface area contributed by atoms with Crippen LogP contribution in [0, 0.1) is 0 Å². The fourth-order valence-electron chi connectivity index (χ4n) is 3.35. The number of hydrogen-bond donors (Lipinski definition) is 1. The minimum absolute atomic E-state index is 0.0303. The number of nitrogens with zero attached hydrogens (tertiary/aromatic N) is 2. The summed E-state index contributed by atoms with van der Waals surface area (Å²) in [6, 6.07) is 24.7. The van der Waals surface area contributed by atoms with Crippen LogP contribution in [0.1, 0.15) is 17.2 Å². The molecule has 0 saturated carbocycles. The van der Waals surface area contributed by atoms with Gasteiger partial charge in [-0.1, -0.05) is 83.9 Å². The fraction of sp³-hybridized carbons (Fsp3) is 0.125. The van der Waals surface area contributed by atoms with Crippen LogP contribution in [-0.4, -0.2) is 9.55 Å². The predicted octanol–water partition coefficient (Wildman–Crippen LogP) is 6.39. The summed E-state index contributed by atoms with van der Waals surface area (Å²) in [7, 11) is 0. The maximum atomic E-state index is 6.49. The number of nitrogens with one attached hydrogen (secondary N) is 1. The molecule has 29 heavy (non-hydrogen) atoms. The molecule has 0 aliphatic rings. The highest BCUT2D eigenvalue weighted by molar-refractivity contribution is 6.35. The Hall–Kier alpha value is -2.59. The summed E-state index contributed by atoms with van der Waals surface area (Å²) in [5, 5.41) is 4.93. The van der Waals surface area contributed by atoms with Crippen molar-refractivity contribution in [3.63, 3.8) is 0 Å². The minimum atomic E-state index is 0.0303. The molecule has 146 valence electrons. The number of hydrogen-bond acceptors (Lipinski definition) is 2. The molecule has 1 heterocycles. The average Bonchev–Trinajstić information content (AvgIpc) is 3.26. The van der Waals surface area contributed by atoms with Gasteiger partial charge in [-0.15, -0.1) is 0 Å². The largest absolute Gasteiger partial charge is 0.336 e. The number of aromatic nitrogens is 2. The molecule has 0 saturated heterocycles. The fourth-order valence-corrected chi connectivity index (χ4v) is 3.89. The van der Waals surface area contributed by atoms with E-state index < -0.39 is 0 Å². The van der Waals surface area contributed by atoms with E-state index in [0.29, 0.717) is 10.0 Å². The monoisotopic (exact) mass is 421 g/mol. The second-order valence-electron chi connectivity index (χ2n) is 6.92. The molecule has 1 atom stereocenters. The van der Waals surface area contributed by atoms with Crippen molar-refractivity contribution in [2.24, 2.45) is 0 Å². The molecular formula is C24H21Cl2N3. The Morgan fingerprint density at radius 2 is 1.66 bits per heavy atom. The highest BCUT2D eigenvalue weighted by Gasteiger charge is 2.15. The zero-order valence-corrected chi connectivity index (χ0v) is 17.3. The van der Waals surface area contributed by atoms with Crippen molar-refractivity contribution >= 4 is 23.2 Å². The van der Waals surface area contributed by atoms with Crippen molar-refractivity contribution in [3.05, 3.63) is 113 Å². The SMILES string of the molecule is Clc1ccc(C(Cn2ccnc2)NCc2ccc(-c3ccccc3)cc2)c(Cl)c1. The van der Waals surface area contributed by atoms with Crippen molar-refractivity contribution in [1.29, 1.82) is 0 Å². The Labute approximate surface area is 180 Å². The third kappa shape index (κ3) is 5.07. The van der Waals surface area contributed by atoms with Gasteiger partial charge in [0.1, 0.15) is 0 Å². The Balaban J connectivity index is 1.50. The third-order valence-electron chi connectivity index (χ3n) is 4.90. The molecule has 0 amide bonds. The average molecular weight is 422 g/mol. The van der Waals surface area contributed by atoms with Gasteiger partial charge < -0.3 is 9.88 Å². The summed E-state index contributed by atoms with van der Waals surface area (Å²) in [6.07, 6.45) is 5.54. The molecule has 0 spiro atoms. The second-order valence-corrected chi connectivity index (χ2v) is 7.77. The van der Waals surface area contributed by atoms with Crippen LogP contribution in [0.15, 0.2) is 91.5 Å². The Kier molecular flexibility index (Phi) is 6.30. The summed E-state index contributed by atoms with van der Waals surface area (Å²) < 4.78 is 2.04. The van der Waals surface area contributed by atoms with Gasteiger partial charge in [-0.05, 0) is 34.4 Å². The quantitative estimate of drug-likeness (QED) is 0.374. The molecule has 1 N–H and O–H groups in total. The molecule has 4 rings (SSSR count). The van der Waals surface area contributed by atoms with Crippen LogP contribution in [0.25, 0.3) is 11.1 Å². The lowest BCUT2D eigenvalue weighted by atomic mass is 10.0. The Bertz CT molecular complexity index is 1050. The summed E-state index contributed by atoms with van der Waals surface area (Å²) >= 11 is 12.6. The van der Waals surface area contributed by atoms with Crippen molar-refractivity contribution in [2.45, 2.75) is 19.1 Å². The van der Waals surface area contributed by atoms with Crippen molar-refractivity contribution in [1.82, 2.24) is 14.9 Å². The summed E-state index contributed by atoms with van der Waals surface area (Å²) in [4.78, 5) is 4.14. The number of imidazole rings is 1. The van der Waals surface area contributed by atoms with Gasteiger partial charge in [-0.2, -0.15) is 0 Å². The van der Waals surface area contributed by atoms with E-state index in [1.54, 1.807) is 12.3 Å². The van der Waals surface area contributed by atoms with E-state index in [2.05, 4.69) is 58.8 Å². The molecule has 4 aromatic rings. The van der Waals surface area contributed by atoms with Gasteiger partial charge >= 0.3 is 0 Å². The number of benzene rings is 3. The molecule has 0 aliphatic heterocycles. The molecule has 3 nitrogen and oxygen atoms in total. The normalized spacial score (nSPS) is 12.1. The van der Waals surface area contributed by atoms with Crippen LogP contribution < -0.4 is 5.32 Å². The van der Waals surface area contributed by atoms with Crippen LogP contribution >= 0.6 is 23.2 Å². The smallest absolute Gasteiger partial charge is 0.0946 e. The Morgan fingerprint density at radius 3 is 2.34 bits per heavy atom. The molecule has 5 heteroatoms. The first-order valence-electron chi connectivity index (χ1n) is 9.47. The van der Waals surface area contributed by atoms with Crippen molar-refractivity contribution in [2.75, 3.05) is 0 Å². The lowest BCUT2D eigenvalue weighted by Crippen LogP contribution is -2.25. The zero-order chi connectivity index (χ0) is 20.1. The van der Waals surface area contributed by atoms with E-state index in [4.69, 9.17) is 23.2 Å². The first kappa shape index (κ1) is 19.7. The standard InChI is InChI=1S/C24H21Cl2N3/c25-21-10-11-22(23(26)14-21)24(16-29-13-12-27-17-29)28-15-18-6-8-20(9-7-18)19-4-2-1-3-5-19/h1-14,17,24,28H,15-16H2. The van der Waals surface area contributed by atoms with Gasteiger partial charge in [0.15, 0.2) is 0 Å². The van der Waals surface area contributed by atoms with Crippen LogP contribution in [0.4, 0.5) is 0 Å². The molecule has 1 aromatic heterocycles. The molecule has 0 fully saturated rings.